The van der Waals surface area contributed by atoms with Gasteiger partial charge in [0.2, 0.25) is 0 Å². The number of carbonyl (C=O) groups excluding carboxylic acids is 2. The van der Waals surface area contributed by atoms with Crippen LogP contribution in [0.2, 0.25) is 0 Å². The molecule has 0 saturated heterocycles. The van der Waals surface area contributed by atoms with Crippen molar-refractivity contribution in [1.82, 2.24) is 0 Å². The molecule has 0 aromatic carbocycles. The fraction of sp³-hybridized carbons (Fsp3) is 0.890. The van der Waals surface area contributed by atoms with Crippen LogP contribution < -0.4 is 5.73 Å². The molecule has 10 heteroatoms. The van der Waals surface area contributed by atoms with Crippen LogP contribution in [0.25, 0.3) is 0 Å². The Hall–Kier alpha value is -1.77. The second-order valence-electron chi connectivity index (χ2n) is 24.8. The van der Waals surface area contributed by atoms with E-state index in [1.54, 1.807) is 0 Å². The van der Waals surface area contributed by atoms with E-state index in [0.717, 1.165) is 38.5 Å². The van der Waals surface area contributed by atoms with Crippen LogP contribution in [-0.4, -0.2) is 49.3 Å². The van der Waals surface area contributed by atoms with Crippen LogP contribution in [0, 0.1) is 0 Å². The third kappa shape index (κ3) is 69.2. The molecule has 0 fully saturated rings. The summed E-state index contributed by atoms with van der Waals surface area (Å²) in [7, 11) is -4.39. The van der Waals surface area contributed by atoms with E-state index in [-0.39, 0.29) is 38.6 Å². The van der Waals surface area contributed by atoms with Crippen molar-refractivity contribution in [1.29, 1.82) is 0 Å². The van der Waals surface area contributed by atoms with Gasteiger partial charge in [-0.2, -0.15) is 0 Å². The van der Waals surface area contributed by atoms with Crippen molar-refractivity contribution in [2.75, 3.05) is 26.4 Å². The third-order valence-electron chi connectivity index (χ3n) is 16.5. The SMILES string of the molecule is CCCCCCC/C=C\C/C=C\CCCCCCCCCCCCCCCCCCCCCCCCCC(=O)OC(COC(=O)CCCCCCCCCCCCCCCCC/C=C\CCCCCCCCCC)COP(=O)(O)OCCN. The lowest BCUT2D eigenvalue weighted by molar-refractivity contribution is -0.161. The van der Waals surface area contributed by atoms with E-state index in [0.29, 0.717) is 6.42 Å². The van der Waals surface area contributed by atoms with E-state index < -0.39 is 26.5 Å². The molecule has 0 aromatic heterocycles. The number of phosphoric ester groups is 1. The fourth-order valence-corrected chi connectivity index (χ4v) is 11.8. The summed E-state index contributed by atoms with van der Waals surface area (Å²) in [5.74, 6) is -0.804. The smallest absolute Gasteiger partial charge is 0.462 e. The van der Waals surface area contributed by atoms with Crippen molar-refractivity contribution < 1.29 is 37.6 Å². The van der Waals surface area contributed by atoms with Crippen molar-refractivity contribution >= 4 is 19.8 Å². The number of unbranched alkanes of at least 4 members (excludes halogenated alkanes) is 51. The molecule has 0 aliphatic rings. The molecule has 0 bridgehead atoms. The van der Waals surface area contributed by atoms with Crippen LogP contribution >= 0.6 is 7.82 Å². The number of carbonyl (C=O) groups is 2. The number of hydrogen-bond donors (Lipinski definition) is 2. The highest BCUT2D eigenvalue weighted by Crippen LogP contribution is 2.43. The lowest BCUT2D eigenvalue weighted by Crippen LogP contribution is -2.29. The largest absolute Gasteiger partial charge is 0.472 e. The second kappa shape index (κ2) is 69.3. The van der Waals surface area contributed by atoms with Crippen molar-refractivity contribution in [3.05, 3.63) is 36.5 Å². The van der Waals surface area contributed by atoms with Crippen molar-refractivity contribution in [2.45, 2.75) is 392 Å². The number of hydrogen-bond acceptors (Lipinski definition) is 8. The second-order valence-corrected chi connectivity index (χ2v) is 26.3. The molecular weight excluding hydrogens is 1050 g/mol. The van der Waals surface area contributed by atoms with E-state index >= 15 is 0 Å². The Kier molecular flexibility index (Phi) is 67.9. The van der Waals surface area contributed by atoms with E-state index in [4.69, 9.17) is 24.3 Å². The van der Waals surface area contributed by atoms with Gasteiger partial charge in [0, 0.05) is 19.4 Å². The summed E-state index contributed by atoms with van der Waals surface area (Å²) < 4.78 is 33.2. The van der Waals surface area contributed by atoms with Crippen LogP contribution in [0.5, 0.6) is 0 Å². The van der Waals surface area contributed by atoms with Crippen LogP contribution in [0.4, 0.5) is 0 Å². The van der Waals surface area contributed by atoms with Crippen LogP contribution in [-0.2, 0) is 32.7 Å². The first-order valence-electron chi connectivity index (χ1n) is 36.5. The molecule has 0 radical (unpaired) electrons. The number of rotatable bonds is 70. The van der Waals surface area contributed by atoms with Crippen LogP contribution in [0.1, 0.15) is 386 Å². The van der Waals surface area contributed by atoms with Gasteiger partial charge in [0.25, 0.3) is 0 Å². The summed E-state index contributed by atoms with van der Waals surface area (Å²) in [5, 5.41) is 0. The summed E-state index contributed by atoms with van der Waals surface area (Å²) >= 11 is 0. The molecule has 0 saturated carbocycles. The van der Waals surface area contributed by atoms with Gasteiger partial charge in [-0.1, -0.05) is 339 Å². The molecule has 0 aliphatic carbocycles. The van der Waals surface area contributed by atoms with E-state index in [2.05, 4.69) is 50.3 Å². The molecule has 0 spiro atoms. The van der Waals surface area contributed by atoms with Crippen LogP contribution in [0.15, 0.2) is 36.5 Å². The minimum absolute atomic E-state index is 0.0562. The minimum atomic E-state index is -4.39. The molecule has 490 valence electrons. The van der Waals surface area contributed by atoms with Gasteiger partial charge in [0.1, 0.15) is 6.61 Å². The number of ether oxygens (including phenoxy) is 2. The molecule has 0 rings (SSSR count). The zero-order chi connectivity index (χ0) is 60.1. The number of allylic oxidation sites excluding steroid dienone is 6. The zero-order valence-electron chi connectivity index (χ0n) is 55.2. The standard InChI is InChI=1S/C73H140NO8P/c1-3-5-7-9-11-13-15-17-19-21-23-25-27-29-31-32-33-34-35-36-37-38-40-42-44-46-48-50-52-54-56-58-60-62-64-66-73(76)82-71(70-81-83(77,78)80-68-67-74)69-79-72(75)65-63-61-59-57-55-53-51-49-47-45-43-41-39-30-28-26-24-22-20-18-16-14-12-10-8-6-4-2/h15,17,21-24,71H,3-14,16,18-20,25-70,74H2,1-2H3,(H,77,78)/b17-15-,23-21-,24-22-. The first-order valence-corrected chi connectivity index (χ1v) is 38.0. The zero-order valence-corrected chi connectivity index (χ0v) is 56.1. The first kappa shape index (κ1) is 81.2. The Morgan fingerprint density at radius 1 is 0.361 bits per heavy atom. The molecular formula is C73H140NO8P. The van der Waals surface area contributed by atoms with Gasteiger partial charge in [-0.3, -0.25) is 18.6 Å². The maximum atomic E-state index is 12.8. The summed E-state index contributed by atoms with van der Waals surface area (Å²) in [5.41, 5.74) is 5.41. The molecule has 83 heavy (non-hydrogen) atoms. The maximum Gasteiger partial charge on any atom is 0.472 e. The molecule has 3 N–H and O–H groups in total. The summed E-state index contributed by atoms with van der Waals surface area (Å²) in [4.78, 5) is 35.4. The third-order valence-corrected chi connectivity index (χ3v) is 17.5. The monoisotopic (exact) mass is 1190 g/mol. The normalized spacial score (nSPS) is 13.1. The molecule has 0 amide bonds. The van der Waals surface area contributed by atoms with E-state index in [9.17, 15) is 19.0 Å². The molecule has 2 atom stereocenters. The number of esters is 2. The van der Waals surface area contributed by atoms with Gasteiger partial charge in [0.15, 0.2) is 6.10 Å². The topological polar surface area (TPSA) is 134 Å². The van der Waals surface area contributed by atoms with Crippen molar-refractivity contribution in [3.63, 3.8) is 0 Å². The Morgan fingerprint density at radius 3 is 0.928 bits per heavy atom. The van der Waals surface area contributed by atoms with Crippen molar-refractivity contribution in [3.8, 4) is 0 Å². The molecule has 0 aliphatic heterocycles. The highest BCUT2D eigenvalue weighted by molar-refractivity contribution is 7.47. The maximum absolute atomic E-state index is 12.8. The van der Waals surface area contributed by atoms with Crippen LogP contribution in [0.3, 0.4) is 0 Å². The quantitative estimate of drug-likeness (QED) is 0.0264. The van der Waals surface area contributed by atoms with Gasteiger partial charge in [-0.25, -0.2) is 4.57 Å². The Bertz CT molecular complexity index is 1450. The predicted octanol–water partition coefficient (Wildman–Crippen LogP) is 23.9. The summed E-state index contributed by atoms with van der Waals surface area (Å²) in [6.45, 7) is 3.81. The predicted molar refractivity (Wildman–Crippen MR) is 358 cm³/mol. The molecule has 9 nitrogen and oxygen atoms in total. The van der Waals surface area contributed by atoms with Gasteiger partial charge < -0.3 is 20.1 Å². The molecule has 0 aromatic rings. The van der Waals surface area contributed by atoms with Crippen molar-refractivity contribution in [2.24, 2.45) is 5.73 Å². The summed E-state index contributed by atoms with van der Waals surface area (Å²) in [6.07, 6.45) is 86.9. The number of phosphoric acid groups is 1. The lowest BCUT2D eigenvalue weighted by atomic mass is 10.0. The minimum Gasteiger partial charge on any atom is -0.462 e. The van der Waals surface area contributed by atoms with Gasteiger partial charge >= 0.3 is 19.8 Å². The van der Waals surface area contributed by atoms with Gasteiger partial charge in [-0.15, -0.1) is 0 Å². The average Bonchev–Trinajstić information content (AvgIpc) is 3.48. The van der Waals surface area contributed by atoms with E-state index in [1.165, 1.54) is 315 Å². The first-order chi connectivity index (χ1) is 40.8. The summed E-state index contributed by atoms with van der Waals surface area (Å²) in [6, 6.07) is 0. The fourth-order valence-electron chi connectivity index (χ4n) is 11.1. The lowest BCUT2D eigenvalue weighted by Gasteiger charge is -2.19. The Labute approximate surface area is 515 Å². The van der Waals surface area contributed by atoms with Gasteiger partial charge in [-0.05, 0) is 70.6 Å². The molecule has 0 heterocycles. The number of nitrogens with two attached hydrogens (primary N) is 1. The average molecular weight is 1190 g/mol. The molecule has 2 unspecified atom stereocenters. The van der Waals surface area contributed by atoms with E-state index in [1.807, 2.05) is 0 Å². The Morgan fingerprint density at radius 2 is 0.627 bits per heavy atom. The highest BCUT2D eigenvalue weighted by Gasteiger charge is 2.26. The highest BCUT2D eigenvalue weighted by atomic mass is 31.2. The van der Waals surface area contributed by atoms with Gasteiger partial charge in [0.05, 0.1) is 13.2 Å². The Balaban J connectivity index is 3.79.